The van der Waals surface area contributed by atoms with Crippen molar-refractivity contribution in [3.8, 4) is 0 Å². The van der Waals surface area contributed by atoms with E-state index in [9.17, 15) is 9.59 Å². The third kappa shape index (κ3) is 5.74. The molecule has 2 amide bonds. The number of ether oxygens (including phenoxy) is 2. The smallest absolute Gasteiger partial charge is 0.407 e. The van der Waals surface area contributed by atoms with Crippen LogP contribution in [0, 0.1) is 0 Å². The van der Waals surface area contributed by atoms with Crippen LogP contribution in [0.2, 0.25) is 0 Å². The Morgan fingerprint density at radius 2 is 2.00 bits per heavy atom. The molecule has 1 atom stereocenters. The molecule has 0 spiro atoms. The molecule has 0 bridgehead atoms. The summed E-state index contributed by atoms with van der Waals surface area (Å²) in [6.45, 7) is 1.95. The Balaban J connectivity index is 2.20. The number of amides is 2. The van der Waals surface area contributed by atoms with Gasteiger partial charge in [-0.15, -0.1) is 0 Å². The average Bonchev–Trinajstić information content (AvgIpc) is 2.34. The average molecular weight is 252 g/mol. The second kappa shape index (κ2) is 7.16. The summed E-state index contributed by atoms with van der Waals surface area (Å²) in [6, 6.07) is 9.31. The molecule has 0 fully saturated rings. The van der Waals surface area contributed by atoms with Crippen molar-refractivity contribution in [2.45, 2.75) is 19.6 Å². The summed E-state index contributed by atoms with van der Waals surface area (Å²) >= 11 is 0. The van der Waals surface area contributed by atoms with Crippen LogP contribution in [0.25, 0.3) is 0 Å². The number of nitrogens with two attached hydrogens (primary N) is 1. The Morgan fingerprint density at radius 1 is 1.33 bits per heavy atom. The third-order valence-corrected chi connectivity index (χ3v) is 2.06. The number of carbonyl (C=O) groups is 2. The number of primary amides is 1. The van der Waals surface area contributed by atoms with E-state index in [0.29, 0.717) is 0 Å². The molecule has 1 aromatic carbocycles. The van der Waals surface area contributed by atoms with Gasteiger partial charge in [0.2, 0.25) is 0 Å². The molecule has 0 heterocycles. The highest BCUT2D eigenvalue weighted by Gasteiger charge is 2.08. The molecule has 0 aromatic heterocycles. The van der Waals surface area contributed by atoms with Crippen molar-refractivity contribution in [3.63, 3.8) is 0 Å². The number of alkyl carbamates (subject to hydrolysis) is 1. The van der Waals surface area contributed by atoms with Gasteiger partial charge in [0.25, 0.3) is 0 Å². The fraction of sp³-hybridized carbons (Fsp3) is 0.333. The maximum atomic E-state index is 11.3. The standard InChI is InChI=1S/C12H16N2O4/c1-9(18-11(13)15)7-14-12(16)17-8-10-5-3-2-4-6-10/h2-6,9H,7-8H2,1H3,(H2,13,15)(H,14,16). The summed E-state index contributed by atoms with van der Waals surface area (Å²) in [7, 11) is 0. The fourth-order valence-corrected chi connectivity index (χ4v) is 1.24. The highest BCUT2D eigenvalue weighted by atomic mass is 16.6. The van der Waals surface area contributed by atoms with E-state index in [-0.39, 0.29) is 13.2 Å². The van der Waals surface area contributed by atoms with Crippen molar-refractivity contribution in [1.82, 2.24) is 5.32 Å². The van der Waals surface area contributed by atoms with Crippen LogP contribution < -0.4 is 11.1 Å². The van der Waals surface area contributed by atoms with E-state index in [4.69, 9.17) is 10.5 Å². The second-order valence-electron chi connectivity index (χ2n) is 3.69. The van der Waals surface area contributed by atoms with E-state index in [2.05, 4.69) is 10.1 Å². The van der Waals surface area contributed by atoms with Gasteiger partial charge in [0.05, 0.1) is 6.54 Å². The lowest BCUT2D eigenvalue weighted by atomic mass is 10.2. The number of carbonyl (C=O) groups excluding carboxylic acids is 2. The first kappa shape index (κ1) is 13.8. The predicted octanol–water partition coefficient (Wildman–Crippen LogP) is 1.40. The highest BCUT2D eigenvalue weighted by molar-refractivity contribution is 5.67. The minimum absolute atomic E-state index is 0.149. The summed E-state index contributed by atoms with van der Waals surface area (Å²) < 4.78 is 9.59. The molecule has 0 aliphatic rings. The van der Waals surface area contributed by atoms with Crippen molar-refractivity contribution in [3.05, 3.63) is 35.9 Å². The largest absolute Gasteiger partial charge is 0.445 e. The zero-order valence-corrected chi connectivity index (χ0v) is 10.1. The lowest BCUT2D eigenvalue weighted by Crippen LogP contribution is -2.34. The molecule has 0 aliphatic heterocycles. The zero-order valence-electron chi connectivity index (χ0n) is 10.1. The number of hydrogen-bond acceptors (Lipinski definition) is 4. The van der Waals surface area contributed by atoms with Crippen LogP contribution in [0.5, 0.6) is 0 Å². The van der Waals surface area contributed by atoms with Crippen LogP contribution in [0.15, 0.2) is 30.3 Å². The molecule has 0 saturated heterocycles. The first-order valence-corrected chi connectivity index (χ1v) is 5.48. The SMILES string of the molecule is CC(CNC(=O)OCc1ccccc1)OC(N)=O. The van der Waals surface area contributed by atoms with Crippen molar-refractivity contribution < 1.29 is 19.1 Å². The van der Waals surface area contributed by atoms with Gasteiger partial charge in [-0.25, -0.2) is 9.59 Å². The van der Waals surface area contributed by atoms with Crippen LogP contribution in [0.1, 0.15) is 12.5 Å². The first-order chi connectivity index (χ1) is 8.58. The molecule has 1 rings (SSSR count). The van der Waals surface area contributed by atoms with Gasteiger partial charge in [0.1, 0.15) is 12.7 Å². The molecule has 6 nitrogen and oxygen atoms in total. The number of rotatable bonds is 5. The fourth-order valence-electron chi connectivity index (χ4n) is 1.24. The van der Waals surface area contributed by atoms with E-state index in [1.807, 2.05) is 30.3 Å². The number of nitrogens with one attached hydrogen (secondary N) is 1. The Kier molecular flexibility index (Phi) is 5.50. The molecule has 0 saturated carbocycles. The van der Waals surface area contributed by atoms with Crippen molar-refractivity contribution >= 4 is 12.2 Å². The minimum atomic E-state index is -0.873. The van der Waals surface area contributed by atoms with Gasteiger partial charge in [-0.1, -0.05) is 30.3 Å². The highest BCUT2D eigenvalue weighted by Crippen LogP contribution is 2.00. The van der Waals surface area contributed by atoms with Gasteiger partial charge >= 0.3 is 12.2 Å². The Morgan fingerprint density at radius 3 is 2.61 bits per heavy atom. The van der Waals surface area contributed by atoms with E-state index in [0.717, 1.165) is 5.56 Å². The maximum absolute atomic E-state index is 11.3. The summed E-state index contributed by atoms with van der Waals surface area (Å²) in [5.41, 5.74) is 5.73. The molecule has 0 radical (unpaired) electrons. The molecule has 1 unspecified atom stereocenters. The van der Waals surface area contributed by atoms with Gasteiger partial charge in [-0.2, -0.15) is 0 Å². The number of benzene rings is 1. The number of hydrogen-bond donors (Lipinski definition) is 2. The van der Waals surface area contributed by atoms with Gasteiger partial charge in [0, 0.05) is 0 Å². The Labute approximate surface area is 105 Å². The predicted molar refractivity (Wildman–Crippen MR) is 64.8 cm³/mol. The van der Waals surface area contributed by atoms with Gasteiger partial charge in [-0.05, 0) is 12.5 Å². The Hall–Kier alpha value is -2.24. The summed E-state index contributed by atoms with van der Waals surface area (Å²) in [4.78, 5) is 21.7. The molecular formula is C12H16N2O4. The summed E-state index contributed by atoms with van der Waals surface area (Å²) in [6.07, 6.45) is -1.94. The summed E-state index contributed by atoms with van der Waals surface area (Å²) in [5, 5.41) is 2.46. The molecule has 3 N–H and O–H groups in total. The van der Waals surface area contributed by atoms with Crippen molar-refractivity contribution in [2.24, 2.45) is 5.73 Å². The van der Waals surface area contributed by atoms with E-state index in [1.54, 1.807) is 6.92 Å². The molecule has 1 aromatic rings. The third-order valence-electron chi connectivity index (χ3n) is 2.06. The lowest BCUT2D eigenvalue weighted by Gasteiger charge is -2.12. The van der Waals surface area contributed by atoms with E-state index < -0.39 is 18.3 Å². The topological polar surface area (TPSA) is 90.7 Å². The van der Waals surface area contributed by atoms with Gasteiger partial charge < -0.3 is 20.5 Å². The van der Waals surface area contributed by atoms with Crippen LogP contribution in [-0.4, -0.2) is 24.8 Å². The monoisotopic (exact) mass is 252 g/mol. The van der Waals surface area contributed by atoms with Crippen LogP contribution in [-0.2, 0) is 16.1 Å². The van der Waals surface area contributed by atoms with Crippen LogP contribution in [0.4, 0.5) is 9.59 Å². The molecule has 0 aliphatic carbocycles. The van der Waals surface area contributed by atoms with E-state index >= 15 is 0 Å². The molecule has 98 valence electrons. The molecule has 18 heavy (non-hydrogen) atoms. The lowest BCUT2D eigenvalue weighted by molar-refractivity contribution is 0.106. The van der Waals surface area contributed by atoms with E-state index in [1.165, 1.54) is 0 Å². The maximum Gasteiger partial charge on any atom is 0.407 e. The first-order valence-electron chi connectivity index (χ1n) is 5.48. The van der Waals surface area contributed by atoms with Crippen LogP contribution >= 0.6 is 0 Å². The zero-order chi connectivity index (χ0) is 13.4. The van der Waals surface area contributed by atoms with Crippen LogP contribution in [0.3, 0.4) is 0 Å². The quantitative estimate of drug-likeness (QED) is 0.828. The Bertz CT molecular complexity index is 394. The van der Waals surface area contributed by atoms with Crippen molar-refractivity contribution in [2.75, 3.05) is 6.54 Å². The van der Waals surface area contributed by atoms with Gasteiger partial charge in [-0.3, -0.25) is 0 Å². The molecule has 6 heteroatoms. The molecular weight excluding hydrogens is 236 g/mol. The second-order valence-corrected chi connectivity index (χ2v) is 3.69. The summed E-state index contributed by atoms with van der Waals surface area (Å²) in [5.74, 6) is 0. The normalized spacial score (nSPS) is 11.4. The van der Waals surface area contributed by atoms with Gasteiger partial charge in [0.15, 0.2) is 0 Å². The minimum Gasteiger partial charge on any atom is -0.445 e. The van der Waals surface area contributed by atoms with Crippen molar-refractivity contribution in [1.29, 1.82) is 0 Å².